The van der Waals surface area contributed by atoms with E-state index in [1.807, 2.05) is 0 Å². The number of sulfonamides is 1. The highest BCUT2D eigenvalue weighted by Gasteiger charge is 2.20. The maximum atomic E-state index is 11.9. The van der Waals surface area contributed by atoms with Crippen LogP contribution in [0.25, 0.3) is 0 Å². The van der Waals surface area contributed by atoms with Crippen LogP contribution in [-0.2, 0) is 19.6 Å². The first-order valence-corrected chi connectivity index (χ1v) is 8.03. The van der Waals surface area contributed by atoms with Gasteiger partial charge in [0.1, 0.15) is 6.04 Å². The molecule has 1 atom stereocenters. The monoisotopic (exact) mass is 335 g/mol. The Morgan fingerprint density at radius 2 is 1.90 bits per heavy atom. The van der Waals surface area contributed by atoms with E-state index >= 15 is 0 Å². The molecule has 0 radical (unpaired) electrons. The van der Waals surface area contributed by atoms with E-state index in [-0.39, 0.29) is 24.4 Å². The maximum absolute atomic E-state index is 11.9. The summed E-state index contributed by atoms with van der Waals surface area (Å²) in [4.78, 5) is 11.9. The molecule has 118 valence electrons. The van der Waals surface area contributed by atoms with Crippen LogP contribution in [0.3, 0.4) is 0 Å². The van der Waals surface area contributed by atoms with Gasteiger partial charge in [-0.1, -0.05) is 0 Å². The van der Waals surface area contributed by atoms with Crippen LogP contribution in [-0.4, -0.2) is 46.4 Å². The highest BCUT2D eigenvalue weighted by molar-refractivity contribution is 7.92. The van der Waals surface area contributed by atoms with Crippen LogP contribution in [0.1, 0.15) is 0 Å². The quantitative estimate of drug-likeness (QED) is 0.740. The van der Waals surface area contributed by atoms with Crippen molar-refractivity contribution in [2.45, 2.75) is 6.04 Å². The molecule has 0 bridgehead atoms. The molecule has 1 unspecified atom stereocenters. The van der Waals surface area contributed by atoms with E-state index in [1.54, 1.807) is 24.3 Å². The molecule has 1 amide bonds. The molecule has 0 saturated carbocycles. The Morgan fingerprint density at radius 1 is 1.29 bits per heavy atom. The molecule has 0 aromatic heterocycles. The van der Waals surface area contributed by atoms with Crippen molar-refractivity contribution in [3.05, 3.63) is 24.3 Å². The van der Waals surface area contributed by atoms with E-state index in [0.717, 1.165) is 6.26 Å². The van der Waals surface area contributed by atoms with Crippen molar-refractivity contribution in [1.82, 2.24) is 5.32 Å². The number of halogens is 1. The topological polar surface area (TPSA) is 96.5 Å². The summed E-state index contributed by atoms with van der Waals surface area (Å²) in [5.74, 6) is -0.173. The number of rotatable bonds is 4. The first-order valence-electron chi connectivity index (χ1n) is 6.14. The van der Waals surface area contributed by atoms with Gasteiger partial charge in [-0.2, -0.15) is 0 Å². The van der Waals surface area contributed by atoms with Crippen LogP contribution in [0.5, 0.6) is 0 Å². The summed E-state index contributed by atoms with van der Waals surface area (Å²) in [5, 5.41) is 5.80. The van der Waals surface area contributed by atoms with Gasteiger partial charge < -0.3 is 15.4 Å². The van der Waals surface area contributed by atoms with Gasteiger partial charge in [-0.25, -0.2) is 8.42 Å². The van der Waals surface area contributed by atoms with Crippen molar-refractivity contribution in [2.75, 3.05) is 36.1 Å². The van der Waals surface area contributed by atoms with Gasteiger partial charge in [0.25, 0.3) is 0 Å². The molecule has 0 spiro atoms. The zero-order chi connectivity index (χ0) is 14.6. The minimum atomic E-state index is -3.29. The number of nitrogens with one attached hydrogen (secondary N) is 3. The highest BCUT2D eigenvalue weighted by atomic mass is 35.5. The van der Waals surface area contributed by atoms with Crippen LogP contribution in [0.15, 0.2) is 24.3 Å². The number of ether oxygens (including phenoxy) is 1. The second-order valence-electron chi connectivity index (χ2n) is 4.52. The van der Waals surface area contributed by atoms with Crippen molar-refractivity contribution in [3.8, 4) is 0 Å². The van der Waals surface area contributed by atoms with Gasteiger partial charge >= 0.3 is 0 Å². The lowest BCUT2D eigenvalue weighted by molar-refractivity contribution is -0.120. The van der Waals surface area contributed by atoms with Crippen LogP contribution >= 0.6 is 12.4 Å². The van der Waals surface area contributed by atoms with E-state index < -0.39 is 10.0 Å². The Kier molecular flexibility index (Phi) is 6.41. The van der Waals surface area contributed by atoms with Crippen molar-refractivity contribution in [2.24, 2.45) is 0 Å². The molecule has 21 heavy (non-hydrogen) atoms. The minimum Gasteiger partial charge on any atom is -0.378 e. The standard InChI is InChI=1S/C12H17N3O4S.ClH/c1-20(17,18)15-10-4-2-9(3-5-10)14-12(16)11-8-19-7-6-13-11;/h2-5,11,13,15H,6-8H2,1H3,(H,14,16);1H. The fraction of sp³-hybridized carbons (Fsp3) is 0.417. The predicted molar refractivity (Wildman–Crippen MR) is 83.4 cm³/mol. The summed E-state index contributed by atoms with van der Waals surface area (Å²) in [6.45, 7) is 1.60. The zero-order valence-electron chi connectivity index (χ0n) is 11.5. The zero-order valence-corrected chi connectivity index (χ0v) is 13.1. The van der Waals surface area contributed by atoms with Gasteiger partial charge in [0, 0.05) is 17.9 Å². The molecule has 1 fully saturated rings. The van der Waals surface area contributed by atoms with Crippen molar-refractivity contribution in [1.29, 1.82) is 0 Å². The number of benzene rings is 1. The van der Waals surface area contributed by atoms with E-state index in [9.17, 15) is 13.2 Å². The maximum Gasteiger partial charge on any atom is 0.243 e. The first-order chi connectivity index (χ1) is 9.44. The Bertz CT molecular complexity index is 571. The number of morpholine rings is 1. The number of anilines is 2. The van der Waals surface area contributed by atoms with Crippen LogP contribution in [0.2, 0.25) is 0 Å². The predicted octanol–water partition coefficient (Wildman–Crippen LogP) is 0.407. The molecular weight excluding hydrogens is 318 g/mol. The summed E-state index contributed by atoms with van der Waals surface area (Å²) in [6.07, 6.45) is 1.08. The normalized spacial score (nSPS) is 18.4. The lowest BCUT2D eigenvalue weighted by Gasteiger charge is -2.22. The molecule has 7 nitrogen and oxygen atoms in total. The molecule has 3 N–H and O–H groups in total. The van der Waals surface area contributed by atoms with Crippen LogP contribution < -0.4 is 15.4 Å². The number of hydrogen-bond acceptors (Lipinski definition) is 5. The molecule has 1 aromatic rings. The summed E-state index contributed by atoms with van der Waals surface area (Å²) >= 11 is 0. The van der Waals surface area contributed by atoms with E-state index in [1.165, 1.54) is 0 Å². The Hall–Kier alpha value is -1.35. The fourth-order valence-corrected chi connectivity index (χ4v) is 2.36. The Morgan fingerprint density at radius 3 is 2.43 bits per heavy atom. The third kappa shape index (κ3) is 5.88. The molecule has 9 heteroatoms. The summed E-state index contributed by atoms with van der Waals surface area (Å²) in [5.41, 5.74) is 1.05. The molecule has 0 aliphatic carbocycles. The second kappa shape index (κ2) is 7.60. The molecular formula is C12H18ClN3O4S. The van der Waals surface area contributed by atoms with Crippen molar-refractivity contribution in [3.63, 3.8) is 0 Å². The van der Waals surface area contributed by atoms with Gasteiger partial charge in [0.05, 0.1) is 19.5 Å². The van der Waals surface area contributed by atoms with Gasteiger partial charge in [0.15, 0.2) is 0 Å². The van der Waals surface area contributed by atoms with Gasteiger partial charge in [0.2, 0.25) is 15.9 Å². The van der Waals surface area contributed by atoms with E-state index in [0.29, 0.717) is 31.1 Å². The summed E-state index contributed by atoms with van der Waals surface area (Å²) in [7, 11) is -3.29. The number of hydrogen-bond donors (Lipinski definition) is 3. The van der Waals surface area contributed by atoms with Crippen molar-refractivity contribution < 1.29 is 17.9 Å². The third-order valence-electron chi connectivity index (χ3n) is 2.69. The second-order valence-corrected chi connectivity index (χ2v) is 6.27. The number of carbonyl (C=O) groups is 1. The summed E-state index contributed by atoms with van der Waals surface area (Å²) < 4.78 is 29.7. The van der Waals surface area contributed by atoms with Gasteiger partial charge in [-0.15, -0.1) is 12.4 Å². The first kappa shape index (κ1) is 17.7. The highest BCUT2D eigenvalue weighted by Crippen LogP contribution is 2.14. The van der Waals surface area contributed by atoms with Gasteiger partial charge in [-0.3, -0.25) is 9.52 Å². The fourth-order valence-electron chi connectivity index (χ4n) is 1.80. The lowest BCUT2D eigenvalue weighted by Crippen LogP contribution is -2.48. The van der Waals surface area contributed by atoms with Crippen molar-refractivity contribution >= 4 is 39.7 Å². The van der Waals surface area contributed by atoms with Gasteiger partial charge in [-0.05, 0) is 24.3 Å². The molecule has 1 aliphatic heterocycles. The smallest absolute Gasteiger partial charge is 0.243 e. The lowest BCUT2D eigenvalue weighted by atomic mass is 10.2. The van der Waals surface area contributed by atoms with Crippen LogP contribution in [0, 0.1) is 0 Å². The Labute approximate surface area is 129 Å². The van der Waals surface area contributed by atoms with E-state index in [2.05, 4.69) is 15.4 Å². The number of carbonyl (C=O) groups excluding carboxylic acids is 1. The average Bonchev–Trinajstić information content (AvgIpc) is 2.40. The molecule has 1 heterocycles. The minimum absolute atomic E-state index is 0. The van der Waals surface area contributed by atoms with E-state index in [4.69, 9.17) is 4.74 Å². The summed E-state index contributed by atoms with van der Waals surface area (Å²) in [6, 6.07) is 6.07. The molecule has 1 aliphatic rings. The molecule has 1 saturated heterocycles. The third-order valence-corrected chi connectivity index (χ3v) is 3.30. The molecule has 2 rings (SSSR count). The van der Waals surface area contributed by atoms with Crippen LogP contribution in [0.4, 0.5) is 11.4 Å². The molecule has 1 aromatic carbocycles. The average molecular weight is 336 g/mol. The Balaban J connectivity index is 0.00000220. The largest absolute Gasteiger partial charge is 0.378 e. The number of amides is 1. The SMILES string of the molecule is CS(=O)(=O)Nc1ccc(NC(=O)C2COCCN2)cc1.Cl.